The first-order valence-corrected chi connectivity index (χ1v) is 11.7. The number of nitrogens with one attached hydrogen (secondary N) is 1. The van der Waals surface area contributed by atoms with Crippen molar-refractivity contribution < 1.29 is 8.42 Å². The molecule has 156 valence electrons. The number of benzene rings is 1. The molecule has 0 bridgehead atoms. The van der Waals surface area contributed by atoms with Gasteiger partial charge in [-0.3, -0.25) is 14.3 Å². The second kappa shape index (κ2) is 8.97. The molecule has 1 aromatic heterocycles. The predicted molar refractivity (Wildman–Crippen MR) is 117 cm³/mol. The summed E-state index contributed by atoms with van der Waals surface area (Å²) in [6, 6.07) is 3.07. The number of likely N-dealkylation sites (tertiary alicyclic amines) is 1. The Kier molecular flexibility index (Phi) is 6.79. The molecule has 1 N–H and O–H groups in total. The van der Waals surface area contributed by atoms with Crippen molar-refractivity contribution in [3.63, 3.8) is 0 Å². The number of hydrogen-bond donors (Lipinski definition) is 1. The van der Waals surface area contributed by atoms with Gasteiger partial charge >= 0.3 is 0 Å². The van der Waals surface area contributed by atoms with E-state index in [9.17, 15) is 8.42 Å². The van der Waals surface area contributed by atoms with Gasteiger partial charge in [-0.1, -0.05) is 41.5 Å². The molecule has 6 nitrogen and oxygen atoms in total. The zero-order chi connectivity index (χ0) is 21.2. The molecule has 1 saturated heterocycles. The van der Waals surface area contributed by atoms with Crippen molar-refractivity contribution in [2.45, 2.75) is 38.0 Å². The smallest absolute Gasteiger partial charge is 0.264 e. The molecular weight excluding hydrogens is 431 g/mol. The first-order valence-electron chi connectivity index (χ1n) is 9.42. The summed E-state index contributed by atoms with van der Waals surface area (Å²) in [5.74, 6) is 6.16. The third-order valence-electron chi connectivity index (χ3n) is 5.00. The second-order valence-corrected chi connectivity index (χ2v) is 9.62. The van der Waals surface area contributed by atoms with Crippen LogP contribution in [0, 0.1) is 25.7 Å². The highest BCUT2D eigenvalue weighted by Crippen LogP contribution is 2.33. The second-order valence-electron chi connectivity index (χ2n) is 7.18. The summed E-state index contributed by atoms with van der Waals surface area (Å²) in [6.07, 6.45) is 3.68. The lowest BCUT2D eigenvalue weighted by Crippen LogP contribution is -2.29. The average molecular weight is 455 g/mol. The van der Waals surface area contributed by atoms with Crippen molar-refractivity contribution in [2.75, 3.05) is 24.4 Å². The third-order valence-corrected chi connectivity index (χ3v) is 7.27. The predicted octanol–water partition coefficient (Wildman–Crippen LogP) is 3.98. The van der Waals surface area contributed by atoms with Crippen LogP contribution in [0.4, 0.5) is 5.69 Å². The monoisotopic (exact) mass is 454 g/mol. The van der Waals surface area contributed by atoms with Gasteiger partial charge < -0.3 is 0 Å². The largest absolute Gasteiger partial charge is 0.292 e. The van der Waals surface area contributed by atoms with Gasteiger partial charge in [-0.2, -0.15) is 5.10 Å². The number of aromatic nitrogens is 2. The van der Waals surface area contributed by atoms with Crippen LogP contribution in [0.5, 0.6) is 0 Å². The van der Waals surface area contributed by atoms with E-state index in [2.05, 4.69) is 26.6 Å². The minimum absolute atomic E-state index is 0.0338. The molecule has 0 amide bonds. The maximum absolute atomic E-state index is 12.9. The number of halogens is 2. The fourth-order valence-corrected chi connectivity index (χ4v) is 5.76. The fraction of sp³-hybridized carbons (Fsp3) is 0.450. The van der Waals surface area contributed by atoms with E-state index in [0.717, 1.165) is 13.1 Å². The molecule has 29 heavy (non-hydrogen) atoms. The van der Waals surface area contributed by atoms with Crippen molar-refractivity contribution in [3.8, 4) is 11.8 Å². The SMILES string of the molecule is Cc1nn(C)c(C)c1NS(=O)(=O)c1c(Cl)cc(C#CCN2CCCCC2)cc1Cl. The number of nitrogens with zero attached hydrogens (tertiary/aromatic N) is 3. The normalized spacial score (nSPS) is 15.1. The van der Waals surface area contributed by atoms with E-state index in [1.54, 1.807) is 25.6 Å². The van der Waals surface area contributed by atoms with Crippen molar-refractivity contribution in [3.05, 3.63) is 39.1 Å². The number of anilines is 1. The first kappa shape index (κ1) is 22.0. The zero-order valence-corrected chi connectivity index (χ0v) is 19.0. The molecule has 0 aliphatic carbocycles. The maximum Gasteiger partial charge on any atom is 0.264 e. The van der Waals surface area contributed by atoms with Crippen molar-refractivity contribution >= 4 is 38.9 Å². The van der Waals surface area contributed by atoms with Gasteiger partial charge in [-0.25, -0.2) is 8.42 Å². The number of sulfonamides is 1. The van der Waals surface area contributed by atoms with Gasteiger partial charge in [0.05, 0.1) is 33.7 Å². The number of hydrogen-bond acceptors (Lipinski definition) is 4. The molecule has 1 aliphatic rings. The van der Waals surface area contributed by atoms with Gasteiger partial charge in [0.25, 0.3) is 10.0 Å². The van der Waals surface area contributed by atoms with Crippen molar-refractivity contribution in [2.24, 2.45) is 7.05 Å². The molecule has 0 radical (unpaired) electrons. The summed E-state index contributed by atoms with van der Waals surface area (Å²) < 4.78 is 30.0. The Morgan fingerprint density at radius 3 is 2.31 bits per heavy atom. The van der Waals surface area contributed by atoms with Crippen molar-refractivity contribution in [1.29, 1.82) is 0 Å². The quantitative estimate of drug-likeness (QED) is 0.709. The highest BCUT2D eigenvalue weighted by Gasteiger charge is 2.25. The molecule has 1 aromatic carbocycles. The van der Waals surface area contributed by atoms with Gasteiger partial charge in [0, 0.05) is 12.6 Å². The summed E-state index contributed by atoms with van der Waals surface area (Å²) in [7, 11) is -2.24. The Bertz CT molecular complexity index is 1050. The average Bonchev–Trinajstić information content (AvgIpc) is 2.87. The first-order chi connectivity index (χ1) is 13.7. The van der Waals surface area contributed by atoms with Gasteiger partial charge in [0.1, 0.15) is 4.90 Å². The van der Waals surface area contributed by atoms with Gasteiger partial charge in [0.2, 0.25) is 0 Å². The van der Waals surface area contributed by atoms with E-state index in [1.165, 1.54) is 31.4 Å². The van der Waals surface area contributed by atoms with Crippen LogP contribution in [0.2, 0.25) is 10.0 Å². The molecule has 0 spiro atoms. The van der Waals surface area contributed by atoms with Crippen LogP contribution in [-0.4, -0.2) is 42.7 Å². The molecule has 2 aromatic rings. The van der Waals surface area contributed by atoms with Crippen LogP contribution >= 0.6 is 23.2 Å². The van der Waals surface area contributed by atoms with E-state index in [4.69, 9.17) is 23.2 Å². The molecule has 0 saturated carbocycles. The van der Waals surface area contributed by atoms with E-state index in [-0.39, 0.29) is 14.9 Å². The lowest BCUT2D eigenvalue weighted by molar-refractivity contribution is 0.255. The van der Waals surface area contributed by atoms with Crippen LogP contribution in [0.25, 0.3) is 0 Å². The van der Waals surface area contributed by atoms with Crippen LogP contribution in [0.15, 0.2) is 17.0 Å². The van der Waals surface area contributed by atoms with Crippen LogP contribution < -0.4 is 4.72 Å². The molecule has 0 atom stereocenters. The Morgan fingerprint density at radius 1 is 1.14 bits per heavy atom. The highest BCUT2D eigenvalue weighted by molar-refractivity contribution is 7.93. The van der Waals surface area contributed by atoms with Gasteiger partial charge in [0.15, 0.2) is 0 Å². The van der Waals surface area contributed by atoms with E-state index in [1.807, 2.05) is 0 Å². The van der Waals surface area contributed by atoms with E-state index in [0.29, 0.717) is 29.2 Å². The summed E-state index contributed by atoms with van der Waals surface area (Å²) in [4.78, 5) is 2.14. The Balaban J connectivity index is 1.83. The molecule has 1 fully saturated rings. The molecule has 0 unspecified atom stereocenters. The number of piperidine rings is 1. The number of aryl methyl sites for hydroxylation is 2. The summed E-state index contributed by atoms with van der Waals surface area (Å²) in [6.45, 7) is 6.31. The topological polar surface area (TPSA) is 67.2 Å². The summed E-state index contributed by atoms with van der Waals surface area (Å²) in [5, 5.41) is 4.29. The molecular formula is C20H24Cl2N4O2S. The highest BCUT2D eigenvalue weighted by atomic mass is 35.5. The number of rotatable bonds is 4. The van der Waals surface area contributed by atoms with E-state index < -0.39 is 10.0 Å². The van der Waals surface area contributed by atoms with Gasteiger partial charge in [-0.05, 0) is 51.9 Å². The summed E-state index contributed by atoms with van der Waals surface area (Å²) >= 11 is 12.6. The minimum atomic E-state index is -3.98. The van der Waals surface area contributed by atoms with Crippen LogP contribution in [0.1, 0.15) is 36.2 Å². The lowest BCUT2D eigenvalue weighted by atomic mass is 10.1. The molecule has 1 aliphatic heterocycles. The standard InChI is InChI=1S/C20H24Cl2N4O2S/c1-14-19(15(2)25(3)23-14)24-29(27,28)20-17(21)12-16(13-18(20)22)8-7-11-26-9-5-4-6-10-26/h12-13,24H,4-6,9-11H2,1-3H3. The van der Waals surface area contributed by atoms with E-state index >= 15 is 0 Å². The Hall–Kier alpha value is -1.72. The summed E-state index contributed by atoms with van der Waals surface area (Å²) in [5.41, 5.74) is 2.27. The zero-order valence-electron chi connectivity index (χ0n) is 16.7. The maximum atomic E-state index is 12.9. The lowest BCUT2D eigenvalue weighted by Gasteiger charge is -2.23. The molecule has 3 rings (SSSR count). The Morgan fingerprint density at radius 2 is 1.76 bits per heavy atom. The minimum Gasteiger partial charge on any atom is -0.292 e. The van der Waals surface area contributed by atoms with Crippen molar-refractivity contribution in [1.82, 2.24) is 14.7 Å². The van der Waals surface area contributed by atoms with Crippen LogP contribution in [0.3, 0.4) is 0 Å². The third kappa shape index (κ3) is 5.07. The molecule has 2 heterocycles. The van der Waals surface area contributed by atoms with Crippen LogP contribution in [-0.2, 0) is 17.1 Å². The Labute approximate surface area is 182 Å². The van der Waals surface area contributed by atoms with Gasteiger partial charge in [-0.15, -0.1) is 0 Å². The fourth-order valence-electron chi connectivity index (χ4n) is 3.37. The molecule has 9 heteroatoms.